The van der Waals surface area contributed by atoms with Gasteiger partial charge in [0.15, 0.2) is 6.61 Å². The third-order valence-electron chi connectivity index (χ3n) is 3.85. The van der Waals surface area contributed by atoms with Crippen molar-refractivity contribution in [3.05, 3.63) is 58.3 Å². The van der Waals surface area contributed by atoms with E-state index in [9.17, 15) is 9.18 Å². The van der Waals surface area contributed by atoms with Gasteiger partial charge in [0.05, 0.1) is 17.6 Å². The lowest BCUT2D eigenvalue weighted by molar-refractivity contribution is -0.123. The Morgan fingerprint density at radius 2 is 2.04 bits per heavy atom. The van der Waals surface area contributed by atoms with Crippen LogP contribution in [0.4, 0.5) is 4.39 Å². The minimum absolute atomic E-state index is 0.00777. The van der Waals surface area contributed by atoms with Crippen molar-refractivity contribution in [2.45, 2.75) is 6.04 Å². The molecule has 2 aromatic carbocycles. The Morgan fingerprint density at radius 1 is 1.27 bits per heavy atom. The van der Waals surface area contributed by atoms with Gasteiger partial charge in [-0.25, -0.2) is 4.39 Å². The average molecular weight is 425 g/mol. The van der Waals surface area contributed by atoms with Gasteiger partial charge in [0, 0.05) is 6.54 Å². The summed E-state index contributed by atoms with van der Waals surface area (Å²) in [5, 5.41) is 2.87. The molecule has 0 spiro atoms. The highest BCUT2D eigenvalue weighted by atomic mass is 79.9. The molecule has 0 aliphatic rings. The van der Waals surface area contributed by atoms with Gasteiger partial charge >= 0.3 is 0 Å². The van der Waals surface area contributed by atoms with Crippen LogP contribution in [-0.2, 0) is 4.79 Å². The van der Waals surface area contributed by atoms with Crippen molar-refractivity contribution in [1.29, 1.82) is 0 Å². The summed E-state index contributed by atoms with van der Waals surface area (Å²) in [7, 11) is 5.52. The first kappa shape index (κ1) is 20.2. The Kier molecular flexibility index (Phi) is 7.41. The molecule has 1 unspecified atom stereocenters. The average Bonchev–Trinajstić information content (AvgIpc) is 2.61. The summed E-state index contributed by atoms with van der Waals surface area (Å²) in [6.45, 7) is 0.273. The molecular weight excluding hydrogens is 403 g/mol. The van der Waals surface area contributed by atoms with Crippen LogP contribution in [0.25, 0.3) is 0 Å². The van der Waals surface area contributed by atoms with Crippen LogP contribution in [0.3, 0.4) is 0 Å². The van der Waals surface area contributed by atoms with Gasteiger partial charge in [0.25, 0.3) is 5.91 Å². The maximum absolute atomic E-state index is 13.1. The van der Waals surface area contributed by atoms with Gasteiger partial charge in [-0.1, -0.05) is 12.1 Å². The lowest BCUT2D eigenvalue weighted by atomic mass is 10.1. The lowest BCUT2D eigenvalue weighted by Crippen LogP contribution is -2.36. The lowest BCUT2D eigenvalue weighted by Gasteiger charge is -2.25. The quantitative estimate of drug-likeness (QED) is 0.705. The highest BCUT2D eigenvalue weighted by molar-refractivity contribution is 9.10. The Labute approximate surface area is 161 Å². The van der Waals surface area contributed by atoms with Crippen LogP contribution in [0.5, 0.6) is 11.5 Å². The third-order valence-corrected chi connectivity index (χ3v) is 4.47. The number of ether oxygens (including phenoxy) is 2. The normalized spacial score (nSPS) is 11.9. The number of hydrogen-bond donors (Lipinski definition) is 1. The number of hydrogen-bond acceptors (Lipinski definition) is 4. The highest BCUT2D eigenvalue weighted by Gasteiger charge is 2.16. The second-order valence-electron chi connectivity index (χ2n) is 5.92. The van der Waals surface area contributed by atoms with E-state index < -0.39 is 0 Å². The number of nitrogens with one attached hydrogen (secondary N) is 1. The molecule has 2 rings (SSSR count). The van der Waals surface area contributed by atoms with Crippen LogP contribution in [0.1, 0.15) is 11.6 Å². The van der Waals surface area contributed by atoms with Crippen molar-refractivity contribution < 1.29 is 18.7 Å². The number of carbonyl (C=O) groups is 1. The van der Waals surface area contributed by atoms with Crippen molar-refractivity contribution in [1.82, 2.24) is 10.2 Å². The number of carbonyl (C=O) groups excluding carboxylic acids is 1. The molecule has 140 valence electrons. The van der Waals surface area contributed by atoms with Crippen LogP contribution in [-0.4, -0.2) is 45.2 Å². The van der Waals surface area contributed by atoms with E-state index in [1.807, 2.05) is 43.3 Å². The summed E-state index contributed by atoms with van der Waals surface area (Å²) in [6.07, 6.45) is 0. The standard InChI is InChI=1S/C19H22BrFN2O3/c1-23(2)17(13-5-4-6-15(9-13)25-3)11-22-19(24)12-26-18-8-7-14(21)10-16(18)20/h4-10,17H,11-12H2,1-3H3,(H,22,24). The number of likely N-dealkylation sites (N-methyl/N-ethyl adjacent to an activating group) is 1. The summed E-state index contributed by atoms with van der Waals surface area (Å²) < 4.78 is 24.2. The van der Waals surface area contributed by atoms with Gasteiger partial charge in [-0.05, 0) is 65.9 Å². The SMILES string of the molecule is COc1cccc(C(CNC(=O)COc2ccc(F)cc2Br)N(C)C)c1. The summed E-state index contributed by atoms with van der Waals surface area (Å²) in [5.74, 6) is 0.556. The van der Waals surface area contributed by atoms with E-state index in [-0.39, 0.29) is 24.4 Å². The fourth-order valence-corrected chi connectivity index (χ4v) is 2.91. The molecule has 7 heteroatoms. The number of methoxy groups -OCH3 is 1. The van der Waals surface area contributed by atoms with Crippen molar-refractivity contribution in [3.8, 4) is 11.5 Å². The zero-order chi connectivity index (χ0) is 19.1. The van der Waals surface area contributed by atoms with Crippen LogP contribution >= 0.6 is 15.9 Å². The molecule has 0 bridgehead atoms. The van der Waals surface area contributed by atoms with Gasteiger partial charge in [-0.15, -0.1) is 0 Å². The number of amides is 1. The van der Waals surface area contributed by atoms with E-state index in [2.05, 4.69) is 21.2 Å². The summed E-state index contributed by atoms with van der Waals surface area (Å²) in [5.41, 5.74) is 1.04. The molecular formula is C19H22BrFN2O3. The Hall–Kier alpha value is -2.12. The van der Waals surface area contributed by atoms with Crippen LogP contribution in [0.15, 0.2) is 46.9 Å². The zero-order valence-corrected chi connectivity index (χ0v) is 16.5. The van der Waals surface area contributed by atoms with Crippen molar-refractivity contribution in [3.63, 3.8) is 0 Å². The molecule has 0 saturated heterocycles. The van der Waals surface area contributed by atoms with E-state index in [0.29, 0.717) is 16.8 Å². The molecule has 0 fully saturated rings. The maximum Gasteiger partial charge on any atom is 0.258 e. The number of benzene rings is 2. The molecule has 5 nitrogen and oxygen atoms in total. The fourth-order valence-electron chi connectivity index (χ4n) is 2.44. The molecule has 1 N–H and O–H groups in total. The Bertz CT molecular complexity index is 755. The molecule has 0 radical (unpaired) electrons. The molecule has 1 atom stereocenters. The largest absolute Gasteiger partial charge is 0.497 e. The number of halogens is 2. The fraction of sp³-hybridized carbons (Fsp3) is 0.316. The van der Waals surface area contributed by atoms with Crippen molar-refractivity contribution in [2.24, 2.45) is 0 Å². The minimum Gasteiger partial charge on any atom is -0.497 e. The predicted octanol–water partition coefficient (Wildman–Crippen LogP) is 3.39. The predicted molar refractivity (Wildman–Crippen MR) is 102 cm³/mol. The van der Waals surface area contributed by atoms with Crippen molar-refractivity contribution >= 4 is 21.8 Å². The third kappa shape index (κ3) is 5.71. The van der Waals surface area contributed by atoms with E-state index in [1.165, 1.54) is 18.2 Å². The molecule has 1 amide bonds. The van der Waals surface area contributed by atoms with E-state index in [1.54, 1.807) is 7.11 Å². The molecule has 0 aliphatic heterocycles. The molecule has 0 saturated carbocycles. The highest BCUT2D eigenvalue weighted by Crippen LogP contribution is 2.25. The molecule has 0 heterocycles. The van der Waals surface area contributed by atoms with Gasteiger partial charge in [-0.2, -0.15) is 0 Å². The first-order valence-electron chi connectivity index (χ1n) is 8.05. The van der Waals surface area contributed by atoms with Gasteiger partial charge < -0.3 is 19.7 Å². The minimum atomic E-state index is -0.374. The first-order chi connectivity index (χ1) is 12.4. The van der Waals surface area contributed by atoms with E-state index in [4.69, 9.17) is 9.47 Å². The summed E-state index contributed by atoms with van der Waals surface area (Å²) in [6, 6.07) is 11.8. The van der Waals surface area contributed by atoms with Gasteiger partial charge in [-0.3, -0.25) is 4.79 Å². The van der Waals surface area contributed by atoms with E-state index in [0.717, 1.165) is 11.3 Å². The Morgan fingerprint density at radius 3 is 2.69 bits per heavy atom. The molecule has 0 aliphatic carbocycles. The molecule has 0 aromatic heterocycles. The molecule has 26 heavy (non-hydrogen) atoms. The second-order valence-corrected chi connectivity index (χ2v) is 6.78. The van der Waals surface area contributed by atoms with Gasteiger partial charge in [0.2, 0.25) is 0 Å². The summed E-state index contributed by atoms with van der Waals surface area (Å²) in [4.78, 5) is 14.1. The van der Waals surface area contributed by atoms with Crippen molar-refractivity contribution in [2.75, 3.05) is 34.4 Å². The smallest absolute Gasteiger partial charge is 0.258 e. The number of rotatable bonds is 8. The van der Waals surface area contributed by atoms with E-state index >= 15 is 0 Å². The number of nitrogens with zero attached hydrogens (tertiary/aromatic N) is 1. The van der Waals surface area contributed by atoms with Crippen LogP contribution in [0.2, 0.25) is 0 Å². The zero-order valence-electron chi connectivity index (χ0n) is 15.0. The second kappa shape index (κ2) is 9.54. The summed E-state index contributed by atoms with van der Waals surface area (Å²) >= 11 is 3.21. The van der Waals surface area contributed by atoms with Gasteiger partial charge in [0.1, 0.15) is 17.3 Å². The molecule has 2 aromatic rings. The van der Waals surface area contributed by atoms with Crippen LogP contribution in [0, 0.1) is 5.82 Å². The topological polar surface area (TPSA) is 50.8 Å². The maximum atomic E-state index is 13.1. The monoisotopic (exact) mass is 424 g/mol. The van der Waals surface area contributed by atoms with Crippen LogP contribution < -0.4 is 14.8 Å². The Balaban J connectivity index is 1.92. The first-order valence-corrected chi connectivity index (χ1v) is 8.85.